The standard InChI is InChI=1S/C16H17N3O4S2/c1-8-10(19(22)23)7-12(24-8)15(21)18-16-13(14(17)20)9-5-3-2-4-6-11(9)25-16/h7H,2-6H2,1H3,(H2,17,20)(H,18,21). The maximum absolute atomic E-state index is 12.5. The van der Waals surface area contributed by atoms with Crippen molar-refractivity contribution in [2.75, 3.05) is 5.32 Å². The molecule has 2 amide bonds. The second-order valence-corrected chi connectivity index (χ2v) is 8.26. The van der Waals surface area contributed by atoms with Gasteiger partial charge in [-0.2, -0.15) is 0 Å². The first-order chi connectivity index (χ1) is 11.9. The molecule has 0 saturated heterocycles. The van der Waals surface area contributed by atoms with Gasteiger partial charge in [0.05, 0.1) is 20.2 Å². The molecule has 0 atom stereocenters. The van der Waals surface area contributed by atoms with Crippen LogP contribution in [-0.2, 0) is 12.8 Å². The Morgan fingerprint density at radius 1 is 1.24 bits per heavy atom. The van der Waals surface area contributed by atoms with E-state index < -0.39 is 16.7 Å². The first-order valence-electron chi connectivity index (χ1n) is 7.89. The summed E-state index contributed by atoms with van der Waals surface area (Å²) in [5.74, 6) is -1.01. The van der Waals surface area contributed by atoms with Crippen LogP contribution in [0, 0.1) is 17.0 Å². The Morgan fingerprint density at radius 2 is 1.96 bits per heavy atom. The van der Waals surface area contributed by atoms with E-state index in [0.29, 0.717) is 15.4 Å². The molecule has 0 spiro atoms. The second-order valence-electron chi connectivity index (χ2n) is 5.90. The van der Waals surface area contributed by atoms with E-state index in [1.165, 1.54) is 17.4 Å². The summed E-state index contributed by atoms with van der Waals surface area (Å²) in [5.41, 5.74) is 6.80. The van der Waals surface area contributed by atoms with E-state index in [-0.39, 0.29) is 10.6 Å². The van der Waals surface area contributed by atoms with E-state index in [1.54, 1.807) is 6.92 Å². The number of nitrogens with one attached hydrogen (secondary N) is 1. The largest absolute Gasteiger partial charge is 0.365 e. The smallest absolute Gasteiger partial charge is 0.283 e. The Bertz CT molecular complexity index is 869. The molecule has 0 aliphatic heterocycles. The van der Waals surface area contributed by atoms with Gasteiger partial charge in [-0.15, -0.1) is 22.7 Å². The number of hydrogen-bond donors (Lipinski definition) is 2. The number of fused-ring (bicyclic) bond motifs is 1. The summed E-state index contributed by atoms with van der Waals surface area (Å²) in [5, 5.41) is 14.1. The average molecular weight is 379 g/mol. The van der Waals surface area contributed by atoms with Gasteiger partial charge in [-0.3, -0.25) is 19.7 Å². The van der Waals surface area contributed by atoms with Gasteiger partial charge < -0.3 is 11.1 Å². The van der Waals surface area contributed by atoms with E-state index in [1.807, 2.05) is 0 Å². The molecule has 132 valence electrons. The molecule has 1 aliphatic carbocycles. The van der Waals surface area contributed by atoms with Crippen molar-refractivity contribution in [1.29, 1.82) is 0 Å². The lowest BCUT2D eigenvalue weighted by Gasteiger charge is -2.05. The lowest BCUT2D eigenvalue weighted by Crippen LogP contribution is -2.17. The van der Waals surface area contributed by atoms with Crippen molar-refractivity contribution in [1.82, 2.24) is 0 Å². The van der Waals surface area contributed by atoms with E-state index in [9.17, 15) is 19.7 Å². The number of rotatable bonds is 4. The number of aryl methyl sites for hydroxylation is 2. The number of thiophene rings is 2. The maximum atomic E-state index is 12.5. The van der Waals surface area contributed by atoms with Gasteiger partial charge in [0.15, 0.2) is 0 Å². The number of nitrogens with zero attached hydrogens (tertiary/aromatic N) is 1. The molecule has 0 fully saturated rings. The van der Waals surface area contributed by atoms with Crippen molar-refractivity contribution in [2.45, 2.75) is 39.0 Å². The molecule has 0 saturated carbocycles. The van der Waals surface area contributed by atoms with E-state index in [0.717, 1.165) is 53.9 Å². The van der Waals surface area contributed by atoms with Gasteiger partial charge in [-0.1, -0.05) is 6.42 Å². The zero-order chi connectivity index (χ0) is 18.1. The molecule has 9 heteroatoms. The minimum atomic E-state index is -0.553. The number of nitro groups is 1. The van der Waals surface area contributed by atoms with Crippen LogP contribution in [0.25, 0.3) is 0 Å². The fraction of sp³-hybridized carbons (Fsp3) is 0.375. The molecule has 2 aromatic heterocycles. The summed E-state index contributed by atoms with van der Waals surface area (Å²) < 4.78 is 0. The molecule has 2 heterocycles. The summed E-state index contributed by atoms with van der Waals surface area (Å²) in [6.45, 7) is 1.60. The minimum absolute atomic E-state index is 0.0766. The molecule has 3 N–H and O–H groups in total. The van der Waals surface area contributed by atoms with Crippen molar-refractivity contribution in [3.05, 3.63) is 41.9 Å². The van der Waals surface area contributed by atoms with E-state index in [4.69, 9.17) is 5.73 Å². The zero-order valence-corrected chi connectivity index (χ0v) is 15.2. The molecule has 0 unspecified atom stereocenters. The predicted molar refractivity (Wildman–Crippen MR) is 97.8 cm³/mol. The molecule has 2 aromatic rings. The topological polar surface area (TPSA) is 115 Å². The summed E-state index contributed by atoms with van der Waals surface area (Å²) in [6.07, 6.45) is 4.81. The average Bonchev–Trinajstić information content (AvgIpc) is 3.00. The fourth-order valence-corrected chi connectivity index (χ4v) is 5.19. The van der Waals surface area contributed by atoms with Gasteiger partial charge in [0.25, 0.3) is 17.5 Å². The molecule has 7 nitrogen and oxygen atoms in total. The van der Waals surface area contributed by atoms with Crippen LogP contribution in [-0.4, -0.2) is 16.7 Å². The summed E-state index contributed by atoms with van der Waals surface area (Å²) >= 11 is 2.44. The molecule has 3 rings (SSSR count). The minimum Gasteiger partial charge on any atom is -0.365 e. The van der Waals surface area contributed by atoms with Crippen molar-refractivity contribution in [3.8, 4) is 0 Å². The van der Waals surface area contributed by atoms with E-state index in [2.05, 4.69) is 5.32 Å². The molecule has 0 aromatic carbocycles. The lowest BCUT2D eigenvalue weighted by atomic mass is 10.1. The Morgan fingerprint density at radius 3 is 2.60 bits per heavy atom. The van der Waals surface area contributed by atoms with Crippen LogP contribution < -0.4 is 11.1 Å². The number of carbonyl (C=O) groups is 2. The summed E-state index contributed by atoms with van der Waals surface area (Å²) in [6, 6.07) is 1.26. The van der Waals surface area contributed by atoms with Gasteiger partial charge in [0, 0.05) is 10.9 Å². The lowest BCUT2D eigenvalue weighted by molar-refractivity contribution is -0.385. The van der Waals surface area contributed by atoms with Crippen molar-refractivity contribution < 1.29 is 14.5 Å². The number of hydrogen-bond acceptors (Lipinski definition) is 6. The number of carbonyl (C=O) groups excluding carboxylic acids is 2. The Hall–Kier alpha value is -2.26. The highest BCUT2D eigenvalue weighted by atomic mass is 32.1. The SMILES string of the molecule is Cc1sc(C(=O)Nc2sc3c(c2C(N)=O)CCCCC3)cc1[N+](=O)[O-]. The number of primary amides is 1. The van der Waals surface area contributed by atoms with Crippen LogP contribution in [0.4, 0.5) is 10.7 Å². The highest BCUT2D eigenvalue weighted by Crippen LogP contribution is 2.38. The van der Waals surface area contributed by atoms with Crippen LogP contribution in [0.1, 0.15) is 54.6 Å². The third-order valence-electron chi connectivity index (χ3n) is 4.21. The van der Waals surface area contributed by atoms with Gasteiger partial charge >= 0.3 is 0 Å². The third-order valence-corrected chi connectivity index (χ3v) is 6.45. The van der Waals surface area contributed by atoms with Crippen molar-refractivity contribution in [2.24, 2.45) is 5.73 Å². The second kappa shape index (κ2) is 6.93. The Labute approximate surface area is 152 Å². The first-order valence-corrected chi connectivity index (χ1v) is 9.52. The molecule has 0 radical (unpaired) electrons. The van der Waals surface area contributed by atoms with Crippen LogP contribution in [0.15, 0.2) is 6.07 Å². The molecular formula is C16H17N3O4S2. The molecular weight excluding hydrogens is 362 g/mol. The van der Waals surface area contributed by atoms with Gasteiger partial charge in [-0.05, 0) is 38.2 Å². The summed E-state index contributed by atoms with van der Waals surface area (Å²) in [4.78, 5) is 36.6. The first kappa shape index (κ1) is 17.6. The van der Waals surface area contributed by atoms with Crippen LogP contribution in [0.2, 0.25) is 0 Å². The quantitative estimate of drug-likeness (QED) is 0.479. The number of amides is 2. The highest BCUT2D eigenvalue weighted by Gasteiger charge is 2.26. The monoisotopic (exact) mass is 379 g/mol. The molecule has 0 bridgehead atoms. The molecule has 1 aliphatic rings. The fourth-order valence-electron chi connectivity index (χ4n) is 3.02. The van der Waals surface area contributed by atoms with Crippen LogP contribution in [0.5, 0.6) is 0 Å². The zero-order valence-electron chi connectivity index (χ0n) is 13.6. The molecule has 25 heavy (non-hydrogen) atoms. The van der Waals surface area contributed by atoms with Crippen LogP contribution >= 0.6 is 22.7 Å². The van der Waals surface area contributed by atoms with Gasteiger partial charge in [0.2, 0.25) is 0 Å². The number of anilines is 1. The normalized spacial score (nSPS) is 13.8. The van der Waals surface area contributed by atoms with Gasteiger partial charge in [-0.25, -0.2) is 0 Å². The third kappa shape index (κ3) is 3.42. The van der Waals surface area contributed by atoms with Crippen molar-refractivity contribution >= 4 is 45.2 Å². The van der Waals surface area contributed by atoms with E-state index >= 15 is 0 Å². The predicted octanol–water partition coefficient (Wildman–Crippen LogP) is 3.65. The van der Waals surface area contributed by atoms with Gasteiger partial charge in [0.1, 0.15) is 5.00 Å². The summed E-state index contributed by atoms with van der Waals surface area (Å²) in [7, 11) is 0. The van der Waals surface area contributed by atoms with Crippen LogP contribution in [0.3, 0.4) is 0 Å². The highest BCUT2D eigenvalue weighted by molar-refractivity contribution is 7.17. The Balaban J connectivity index is 1.92. The van der Waals surface area contributed by atoms with Crippen molar-refractivity contribution in [3.63, 3.8) is 0 Å². The number of nitrogens with two attached hydrogens (primary N) is 1. The maximum Gasteiger partial charge on any atom is 0.283 e. The Kier molecular flexibility index (Phi) is 4.87.